The third-order valence-electron chi connectivity index (χ3n) is 6.58. The smallest absolute Gasteiger partial charge is 0.337 e. The molecule has 3 aromatic carbocycles. The maximum Gasteiger partial charge on any atom is 0.337 e. The van der Waals surface area contributed by atoms with Crippen LogP contribution in [0.4, 0.5) is 4.79 Å². The number of urea groups is 1. The zero-order chi connectivity index (χ0) is 31.6. The number of hydrazone groups is 1. The lowest BCUT2D eigenvalue weighted by Gasteiger charge is -2.28. The van der Waals surface area contributed by atoms with Gasteiger partial charge in [-0.25, -0.2) is 9.59 Å². The molecule has 11 nitrogen and oxygen atoms in total. The number of rotatable bonds is 13. The average molecular weight is 715 g/mol. The first-order valence-corrected chi connectivity index (χ1v) is 15.0. The number of nitrogens with zero attached hydrogens (tertiary/aromatic N) is 1. The Balaban J connectivity index is 1.34. The Labute approximate surface area is 269 Å². The Bertz CT molecular complexity index is 1540. The maximum absolute atomic E-state index is 12.4. The van der Waals surface area contributed by atoms with Gasteiger partial charge >= 0.3 is 12.0 Å². The van der Waals surface area contributed by atoms with Gasteiger partial charge < -0.3 is 34.7 Å². The van der Waals surface area contributed by atoms with Crippen molar-refractivity contribution in [3.8, 4) is 17.2 Å². The van der Waals surface area contributed by atoms with Crippen LogP contribution in [0, 0.1) is 10.5 Å². The molecule has 0 radical (unpaired) electrons. The predicted molar refractivity (Wildman–Crippen MR) is 174 cm³/mol. The number of benzene rings is 3. The van der Waals surface area contributed by atoms with E-state index in [2.05, 4.69) is 62.8 Å². The molecule has 1 aliphatic heterocycles. The largest absolute Gasteiger partial charge is 0.490 e. The molecule has 0 bridgehead atoms. The highest BCUT2D eigenvalue weighted by Gasteiger charge is 2.32. The monoisotopic (exact) mass is 714 g/mol. The van der Waals surface area contributed by atoms with Gasteiger partial charge in [0.1, 0.15) is 19.0 Å². The van der Waals surface area contributed by atoms with Gasteiger partial charge in [-0.2, -0.15) is 5.10 Å². The minimum atomic E-state index is -1.11. The van der Waals surface area contributed by atoms with Gasteiger partial charge in [-0.15, -0.1) is 0 Å². The van der Waals surface area contributed by atoms with Crippen molar-refractivity contribution in [1.29, 1.82) is 0 Å². The number of carbonyl (C=O) groups is 2. The second kappa shape index (κ2) is 15.4. The zero-order valence-corrected chi connectivity index (χ0v) is 27.0. The first-order valence-electron chi connectivity index (χ1n) is 13.9. The van der Waals surface area contributed by atoms with Gasteiger partial charge in [0.25, 0.3) is 0 Å². The SMILES string of the molecule is CCOc1cc([C@@H]2NC(=O)NC(C)=C2C(=O)OC)ccc1OC[C@@H](O)N/N=C\c1ccc(OCc2ccc(C)cc2)c(I)c1. The van der Waals surface area contributed by atoms with Gasteiger partial charge in [0.15, 0.2) is 17.7 Å². The normalized spacial score (nSPS) is 15.3. The lowest BCUT2D eigenvalue weighted by Crippen LogP contribution is -2.45. The van der Waals surface area contributed by atoms with Crippen molar-refractivity contribution < 1.29 is 33.6 Å². The fraction of sp³-hybridized carbons (Fsp3) is 0.281. The summed E-state index contributed by atoms with van der Waals surface area (Å²) in [5.74, 6) is 0.965. The van der Waals surface area contributed by atoms with Crippen LogP contribution in [0.25, 0.3) is 0 Å². The highest BCUT2D eigenvalue weighted by atomic mass is 127. The molecule has 12 heteroatoms. The molecule has 44 heavy (non-hydrogen) atoms. The van der Waals surface area contributed by atoms with Crippen LogP contribution < -0.4 is 30.3 Å². The molecule has 0 saturated carbocycles. The fourth-order valence-corrected chi connectivity index (χ4v) is 5.07. The third-order valence-corrected chi connectivity index (χ3v) is 7.42. The number of hydrogen-bond donors (Lipinski definition) is 4. The van der Waals surface area contributed by atoms with Crippen molar-refractivity contribution in [2.45, 2.75) is 39.6 Å². The first kappa shape index (κ1) is 32.6. The van der Waals surface area contributed by atoms with E-state index in [1.165, 1.54) is 12.7 Å². The molecule has 1 aliphatic rings. The number of halogens is 1. The predicted octanol–water partition coefficient (Wildman–Crippen LogP) is 4.70. The van der Waals surface area contributed by atoms with E-state index in [4.69, 9.17) is 18.9 Å². The molecule has 4 N–H and O–H groups in total. The highest BCUT2D eigenvalue weighted by molar-refractivity contribution is 14.1. The fourth-order valence-electron chi connectivity index (χ4n) is 4.38. The molecule has 0 spiro atoms. The van der Waals surface area contributed by atoms with Gasteiger partial charge in [-0.05, 0) is 90.4 Å². The number of ether oxygens (including phenoxy) is 4. The number of esters is 1. The van der Waals surface area contributed by atoms with Crippen molar-refractivity contribution >= 4 is 40.8 Å². The number of allylic oxidation sites excluding steroid dienone is 1. The lowest BCUT2D eigenvalue weighted by molar-refractivity contribution is -0.136. The Morgan fingerprint density at radius 3 is 2.50 bits per heavy atom. The first-order chi connectivity index (χ1) is 21.2. The number of aliphatic hydroxyl groups excluding tert-OH is 1. The molecule has 1 heterocycles. The van der Waals surface area contributed by atoms with Crippen molar-refractivity contribution in [2.75, 3.05) is 20.3 Å². The van der Waals surface area contributed by atoms with E-state index in [0.29, 0.717) is 36.0 Å². The molecule has 0 unspecified atom stereocenters. The molecule has 0 aromatic heterocycles. The van der Waals surface area contributed by atoms with Crippen LogP contribution in [0.3, 0.4) is 0 Å². The topological polar surface area (TPSA) is 140 Å². The summed E-state index contributed by atoms with van der Waals surface area (Å²) in [6.07, 6.45) is 0.480. The van der Waals surface area contributed by atoms with Crippen LogP contribution >= 0.6 is 22.6 Å². The molecular weight excluding hydrogens is 679 g/mol. The van der Waals surface area contributed by atoms with Gasteiger partial charge in [0.05, 0.1) is 35.1 Å². The van der Waals surface area contributed by atoms with E-state index in [0.717, 1.165) is 20.4 Å². The van der Waals surface area contributed by atoms with Gasteiger partial charge in [-0.3, -0.25) is 5.43 Å². The zero-order valence-electron chi connectivity index (χ0n) is 24.8. The molecule has 0 aliphatic carbocycles. The maximum atomic E-state index is 12.4. The summed E-state index contributed by atoms with van der Waals surface area (Å²) in [5, 5.41) is 19.9. The minimum Gasteiger partial charge on any atom is -0.490 e. The van der Waals surface area contributed by atoms with Crippen LogP contribution in [0.5, 0.6) is 17.2 Å². The summed E-state index contributed by atoms with van der Waals surface area (Å²) in [5.41, 5.74) is 7.05. The van der Waals surface area contributed by atoms with Crippen LogP contribution in [-0.4, -0.2) is 49.9 Å². The molecule has 4 rings (SSSR count). The third kappa shape index (κ3) is 8.63. The standard InChI is InChI=1S/C32H35IN4O7/c1-5-42-27-15-23(30-29(31(39)41-4)20(3)35-32(40)36-30)11-13-26(27)44-18-28(38)37-34-16-22-10-12-25(24(33)14-22)43-17-21-8-6-19(2)7-9-21/h6-16,28,30,37-38H,5,17-18H2,1-4H3,(H2,35,36,40)/b34-16-/t28-,30+/m1/s1. The van der Waals surface area contributed by atoms with Crippen molar-refractivity contribution in [1.82, 2.24) is 16.1 Å². The van der Waals surface area contributed by atoms with Crippen molar-refractivity contribution in [3.63, 3.8) is 0 Å². The second-order valence-electron chi connectivity index (χ2n) is 9.88. The van der Waals surface area contributed by atoms with E-state index in [1.807, 2.05) is 37.3 Å². The molecule has 2 atom stereocenters. The van der Waals surface area contributed by atoms with Gasteiger partial charge in [0, 0.05) is 5.70 Å². The number of carbonyl (C=O) groups excluding carboxylic acids is 2. The number of nitrogens with one attached hydrogen (secondary N) is 3. The molecule has 232 valence electrons. The van der Waals surface area contributed by atoms with Crippen LogP contribution in [0.1, 0.15) is 42.1 Å². The summed E-state index contributed by atoms with van der Waals surface area (Å²) in [6, 6.07) is 17.8. The summed E-state index contributed by atoms with van der Waals surface area (Å²) < 4.78 is 23.4. The van der Waals surface area contributed by atoms with E-state index >= 15 is 0 Å². The second-order valence-corrected chi connectivity index (χ2v) is 11.0. The van der Waals surface area contributed by atoms with Crippen LogP contribution in [0.15, 0.2) is 77.0 Å². The number of aliphatic hydroxyl groups is 1. The Morgan fingerprint density at radius 2 is 1.80 bits per heavy atom. The van der Waals surface area contributed by atoms with Crippen molar-refractivity contribution in [3.05, 3.63) is 97.8 Å². The molecule has 2 amide bonds. The molecule has 3 aromatic rings. The van der Waals surface area contributed by atoms with Crippen molar-refractivity contribution in [2.24, 2.45) is 5.10 Å². The number of hydrogen-bond acceptors (Lipinski definition) is 9. The van der Waals surface area contributed by atoms with E-state index in [-0.39, 0.29) is 12.2 Å². The number of methoxy groups -OCH3 is 1. The summed E-state index contributed by atoms with van der Waals surface area (Å²) in [4.78, 5) is 24.6. The number of amides is 2. The van der Waals surface area contributed by atoms with Gasteiger partial charge in [-0.1, -0.05) is 35.9 Å². The minimum absolute atomic E-state index is 0.128. The quantitative estimate of drug-likeness (QED) is 0.0658. The van der Waals surface area contributed by atoms with Crippen LogP contribution in [0.2, 0.25) is 0 Å². The molecular formula is C32H35IN4O7. The summed E-state index contributed by atoms with van der Waals surface area (Å²) >= 11 is 2.22. The summed E-state index contributed by atoms with van der Waals surface area (Å²) in [7, 11) is 1.28. The highest BCUT2D eigenvalue weighted by Crippen LogP contribution is 2.35. The van der Waals surface area contributed by atoms with Crippen LogP contribution in [-0.2, 0) is 16.1 Å². The van der Waals surface area contributed by atoms with Gasteiger partial charge in [0.2, 0.25) is 0 Å². The number of aryl methyl sites for hydroxylation is 1. The average Bonchev–Trinajstić information content (AvgIpc) is 3.00. The Morgan fingerprint density at radius 1 is 1.05 bits per heavy atom. The lowest BCUT2D eigenvalue weighted by atomic mass is 9.95. The Hall–Kier alpha value is -4.30. The van der Waals surface area contributed by atoms with E-state index in [1.54, 1.807) is 31.3 Å². The Kier molecular flexibility index (Phi) is 11.4. The van der Waals surface area contributed by atoms with E-state index < -0.39 is 24.3 Å². The summed E-state index contributed by atoms with van der Waals surface area (Å²) in [6.45, 7) is 6.20. The molecule has 0 saturated heterocycles. The molecule has 0 fully saturated rings. The van der Waals surface area contributed by atoms with E-state index in [9.17, 15) is 14.7 Å².